The Morgan fingerprint density at radius 2 is 2.04 bits per heavy atom. The van der Waals surface area contributed by atoms with Gasteiger partial charge < -0.3 is 0 Å². The fourth-order valence-corrected chi connectivity index (χ4v) is 10.3. The lowest BCUT2D eigenvalue weighted by atomic mass is 10.1. The Hall–Kier alpha value is 0.0169. The second-order valence-electron chi connectivity index (χ2n) is 6.71. The number of rotatable bonds is 7. The van der Waals surface area contributed by atoms with Gasteiger partial charge in [0.25, 0.3) is 0 Å². The molecule has 1 aromatic heterocycles. The molecule has 0 radical (unpaired) electrons. The lowest BCUT2D eigenvalue weighted by Crippen LogP contribution is -2.41. The Balaban J connectivity index is 2.24. The number of nitriles is 1. The molecular formula is C14H22N2O2S4Si. The summed E-state index contributed by atoms with van der Waals surface area (Å²) in [6.07, 6.45) is 0. The molecule has 4 nitrogen and oxygen atoms in total. The van der Waals surface area contributed by atoms with E-state index in [1.807, 2.05) is 16.8 Å². The van der Waals surface area contributed by atoms with Crippen molar-refractivity contribution >= 4 is 53.0 Å². The van der Waals surface area contributed by atoms with E-state index in [9.17, 15) is 13.7 Å². The fraction of sp³-hybridized carbons (Fsp3) is 0.643. The van der Waals surface area contributed by atoms with Crippen LogP contribution in [0.15, 0.2) is 16.8 Å². The summed E-state index contributed by atoms with van der Waals surface area (Å²) >= 11 is 4.62. The van der Waals surface area contributed by atoms with Gasteiger partial charge >= 0.3 is 0 Å². The van der Waals surface area contributed by atoms with Crippen LogP contribution in [0.4, 0.5) is 0 Å². The van der Waals surface area contributed by atoms with E-state index in [1.165, 1.54) is 11.3 Å². The zero-order valence-electron chi connectivity index (χ0n) is 13.5. The van der Waals surface area contributed by atoms with Gasteiger partial charge in [-0.1, -0.05) is 19.6 Å². The molecule has 0 aromatic carbocycles. The molecule has 0 bridgehead atoms. The highest BCUT2D eigenvalue weighted by atomic mass is 32.2. The summed E-state index contributed by atoms with van der Waals surface area (Å²) in [5.74, 6) is 1.88. The second-order valence-corrected chi connectivity index (χ2v) is 17.9. The van der Waals surface area contributed by atoms with E-state index in [0.717, 1.165) is 23.1 Å². The maximum absolute atomic E-state index is 12.6. The van der Waals surface area contributed by atoms with Gasteiger partial charge in [0.1, 0.15) is 0 Å². The minimum atomic E-state index is -3.41. The van der Waals surface area contributed by atoms with E-state index in [4.69, 9.17) is 0 Å². The molecule has 2 rings (SSSR count). The van der Waals surface area contributed by atoms with Crippen LogP contribution in [0.3, 0.4) is 0 Å². The minimum Gasteiger partial charge on any atom is -0.212 e. The number of hydrogen-bond donors (Lipinski definition) is 1. The van der Waals surface area contributed by atoms with Crippen molar-refractivity contribution in [3.63, 3.8) is 0 Å². The molecule has 1 aliphatic rings. The van der Waals surface area contributed by atoms with Crippen LogP contribution in [0.5, 0.6) is 0 Å². The highest BCUT2D eigenvalue weighted by Crippen LogP contribution is 2.51. The van der Waals surface area contributed by atoms with Crippen molar-refractivity contribution in [2.24, 2.45) is 0 Å². The number of hydrogen-bond acceptors (Lipinski definition) is 6. The number of nitrogens with one attached hydrogen (secondary N) is 1. The van der Waals surface area contributed by atoms with Crippen molar-refractivity contribution in [1.29, 1.82) is 5.26 Å². The van der Waals surface area contributed by atoms with Crippen LogP contribution >= 0.6 is 34.9 Å². The molecule has 128 valence electrons. The van der Waals surface area contributed by atoms with Gasteiger partial charge in [0.2, 0.25) is 10.0 Å². The highest BCUT2D eigenvalue weighted by Gasteiger charge is 2.46. The van der Waals surface area contributed by atoms with Crippen LogP contribution in [0.2, 0.25) is 25.7 Å². The molecule has 0 amide bonds. The van der Waals surface area contributed by atoms with Crippen molar-refractivity contribution < 1.29 is 8.42 Å². The molecule has 0 unspecified atom stereocenters. The average molecular weight is 407 g/mol. The second kappa shape index (κ2) is 7.50. The third kappa shape index (κ3) is 5.24. The Bertz CT molecular complexity index is 656. The lowest BCUT2D eigenvalue weighted by molar-refractivity contribution is 0.557. The summed E-state index contributed by atoms with van der Waals surface area (Å²) in [4.78, 5) is 0. The molecule has 0 saturated carbocycles. The molecule has 1 N–H and O–H groups in total. The summed E-state index contributed by atoms with van der Waals surface area (Å²) in [5, 5.41) is 13.6. The van der Waals surface area contributed by atoms with E-state index in [0.29, 0.717) is 0 Å². The third-order valence-electron chi connectivity index (χ3n) is 3.55. The minimum absolute atomic E-state index is 0.139. The molecule has 23 heavy (non-hydrogen) atoms. The van der Waals surface area contributed by atoms with Crippen molar-refractivity contribution in [3.05, 3.63) is 22.4 Å². The molecule has 9 heteroatoms. The van der Waals surface area contributed by atoms with E-state index in [-0.39, 0.29) is 5.75 Å². The Morgan fingerprint density at radius 1 is 1.39 bits per heavy atom. The van der Waals surface area contributed by atoms with Gasteiger partial charge in [0.15, 0.2) is 4.08 Å². The summed E-state index contributed by atoms with van der Waals surface area (Å²) < 4.78 is 27.2. The molecule has 0 spiro atoms. The molecule has 1 fully saturated rings. The SMILES string of the molecule is C[Si](C)(C)CCS(=O)(=O)N[C@@H](c1ccsc1)C1(C#N)SCCS1. The van der Waals surface area contributed by atoms with E-state index in [2.05, 4.69) is 30.4 Å². The first kappa shape index (κ1) is 19.3. The van der Waals surface area contributed by atoms with E-state index < -0.39 is 28.2 Å². The summed E-state index contributed by atoms with van der Waals surface area (Å²) in [5.41, 5.74) is 0.884. The smallest absolute Gasteiger partial charge is 0.211 e. The van der Waals surface area contributed by atoms with Crippen LogP contribution < -0.4 is 4.72 Å². The van der Waals surface area contributed by atoms with Crippen LogP contribution in [-0.4, -0.2) is 37.8 Å². The largest absolute Gasteiger partial charge is 0.212 e. The zero-order valence-corrected chi connectivity index (χ0v) is 17.8. The predicted octanol–water partition coefficient (Wildman–Crippen LogP) is 3.75. The zero-order chi connectivity index (χ0) is 17.1. The van der Waals surface area contributed by atoms with Gasteiger partial charge in [0, 0.05) is 19.6 Å². The van der Waals surface area contributed by atoms with Gasteiger partial charge in [-0.2, -0.15) is 16.6 Å². The standard InChI is InChI=1S/C14H22N2O2S4Si/c1-23(2,3)9-8-22(17,18)16-13(12-4-5-19-10-12)14(11-15)20-6-7-21-14/h4-5,10,13,16H,6-9H2,1-3H3/t13-/m0/s1. The molecule has 2 heterocycles. The summed E-state index contributed by atoms with van der Waals surface area (Å²) in [7, 11) is -4.85. The van der Waals surface area contributed by atoms with Gasteiger partial charge in [-0.15, -0.1) is 23.5 Å². The van der Waals surface area contributed by atoms with E-state index in [1.54, 1.807) is 23.5 Å². The van der Waals surface area contributed by atoms with E-state index >= 15 is 0 Å². The third-order valence-corrected chi connectivity index (χ3v) is 11.0. The molecule has 1 aliphatic heterocycles. The molecular weight excluding hydrogens is 385 g/mol. The highest BCUT2D eigenvalue weighted by molar-refractivity contribution is 8.21. The molecule has 1 atom stereocenters. The molecule has 0 aliphatic carbocycles. The fourth-order valence-electron chi connectivity index (χ4n) is 2.21. The van der Waals surface area contributed by atoms with Gasteiger partial charge in [0.05, 0.1) is 17.9 Å². The van der Waals surface area contributed by atoms with Crippen molar-refractivity contribution in [1.82, 2.24) is 4.72 Å². The molecule has 1 aromatic rings. The quantitative estimate of drug-likeness (QED) is 0.698. The molecule has 1 saturated heterocycles. The number of nitrogens with zero attached hydrogens (tertiary/aromatic N) is 1. The maximum atomic E-state index is 12.6. The Labute approximate surface area is 152 Å². The van der Waals surface area contributed by atoms with Crippen LogP contribution in [0, 0.1) is 11.3 Å². The number of sulfonamides is 1. The lowest BCUT2D eigenvalue weighted by Gasteiger charge is -2.30. The number of thioether (sulfide) groups is 2. The average Bonchev–Trinajstić information content (AvgIpc) is 3.14. The van der Waals surface area contributed by atoms with Crippen molar-refractivity contribution in [3.8, 4) is 6.07 Å². The maximum Gasteiger partial charge on any atom is 0.211 e. The first-order valence-electron chi connectivity index (χ1n) is 7.39. The summed E-state index contributed by atoms with van der Waals surface area (Å²) in [6.45, 7) is 6.50. The van der Waals surface area contributed by atoms with Crippen molar-refractivity contribution in [2.45, 2.75) is 35.8 Å². The normalized spacial score (nSPS) is 19.4. The van der Waals surface area contributed by atoms with Gasteiger partial charge in [-0.3, -0.25) is 0 Å². The summed E-state index contributed by atoms with van der Waals surface area (Å²) in [6, 6.07) is 4.51. The topological polar surface area (TPSA) is 70.0 Å². The first-order chi connectivity index (χ1) is 10.7. The van der Waals surface area contributed by atoms with Gasteiger partial charge in [-0.25, -0.2) is 13.1 Å². The monoisotopic (exact) mass is 406 g/mol. The first-order valence-corrected chi connectivity index (χ1v) is 15.7. The van der Waals surface area contributed by atoms with Crippen LogP contribution in [0.25, 0.3) is 0 Å². The number of thiophene rings is 1. The predicted molar refractivity (Wildman–Crippen MR) is 105 cm³/mol. The van der Waals surface area contributed by atoms with Gasteiger partial charge in [-0.05, 0) is 28.4 Å². The Morgan fingerprint density at radius 3 is 2.52 bits per heavy atom. The Kier molecular flexibility index (Phi) is 6.30. The van der Waals surface area contributed by atoms with Crippen LogP contribution in [0.1, 0.15) is 11.6 Å². The van der Waals surface area contributed by atoms with Crippen LogP contribution in [-0.2, 0) is 10.0 Å². The van der Waals surface area contributed by atoms with Crippen molar-refractivity contribution in [2.75, 3.05) is 17.3 Å².